The van der Waals surface area contributed by atoms with Crippen LogP contribution in [-0.4, -0.2) is 48.1 Å². The second kappa shape index (κ2) is 8.98. The third kappa shape index (κ3) is 3.70. The van der Waals surface area contributed by atoms with Crippen LogP contribution in [-0.2, 0) is 0 Å². The van der Waals surface area contributed by atoms with E-state index in [1.807, 2.05) is 42.5 Å². The second-order valence-electron chi connectivity index (χ2n) is 9.55. The number of pyridine rings is 1. The fourth-order valence-corrected chi connectivity index (χ4v) is 5.51. The predicted molar refractivity (Wildman–Crippen MR) is 146 cm³/mol. The Morgan fingerprint density at radius 2 is 1.59 bits per heavy atom. The van der Waals surface area contributed by atoms with Gasteiger partial charge in [-0.05, 0) is 24.3 Å². The molecule has 1 fully saturated rings. The van der Waals surface area contributed by atoms with E-state index in [0.29, 0.717) is 57.8 Å². The summed E-state index contributed by atoms with van der Waals surface area (Å²) in [5, 5.41) is 20.1. The van der Waals surface area contributed by atoms with Crippen LogP contribution in [0.2, 0.25) is 0 Å². The van der Waals surface area contributed by atoms with Crippen LogP contribution in [0.15, 0.2) is 83.5 Å². The first-order valence-electron chi connectivity index (χ1n) is 12.7. The number of carboxylic acid groups (broad SMARTS) is 1. The topological polar surface area (TPSA) is 115 Å². The fraction of sp³-hybridized carbons (Fsp3) is 0.133. The Morgan fingerprint density at radius 1 is 0.872 bits per heavy atom. The maximum Gasteiger partial charge on any atom is 0.196 e. The summed E-state index contributed by atoms with van der Waals surface area (Å²) in [6.07, 6.45) is 1.79. The number of carbonyl (C=O) groups excluding carboxylic acids is 2. The standard InChI is InChI=1S/C30H23N5O4/c36-28-18-7-1-2-8-19(18)29-26-25(28)22(32-21-10-4-3-9-20(21)30(37)38)17-23(27(26)33-39-29)34-13-15-35(16-14-34)24-11-5-6-12-31-24/h1-12,17,32H,13-16H2,(H,37,38)/p-1. The van der Waals surface area contributed by atoms with E-state index in [1.165, 1.54) is 6.07 Å². The van der Waals surface area contributed by atoms with E-state index in [0.717, 1.165) is 24.6 Å². The lowest BCUT2D eigenvalue weighted by Crippen LogP contribution is -2.47. The highest BCUT2D eigenvalue weighted by Crippen LogP contribution is 2.46. The van der Waals surface area contributed by atoms with Crippen molar-refractivity contribution >= 4 is 45.5 Å². The van der Waals surface area contributed by atoms with E-state index in [9.17, 15) is 14.7 Å². The molecule has 0 spiro atoms. The zero-order valence-corrected chi connectivity index (χ0v) is 20.8. The number of carboxylic acids is 1. The van der Waals surface area contributed by atoms with E-state index in [2.05, 4.69) is 25.3 Å². The minimum atomic E-state index is -1.30. The lowest BCUT2D eigenvalue weighted by atomic mass is 9.86. The number of ketones is 1. The van der Waals surface area contributed by atoms with Crippen LogP contribution >= 0.6 is 0 Å². The summed E-state index contributed by atoms with van der Waals surface area (Å²) >= 11 is 0. The number of para-hydroxylation sites is 1. The fourth-order valence-electron chi connectivity index (χ4n) is 5.51. The van der Waals surface area contributed by atoms with Gasteiger partial charge in [0.05, 0.1) is 28.3 Å². The van der Waals surface area contributed by atoms with Gasteiger partial charge in [0, 0.05) is 54.8 Å². The highest BCUT2D eigenvalue weighted by Gasteiger charge is 2.34. The lowest BCUT2D eigenvalue weighted by molar-refractivity contribution is -0.254. The molecule has 5 aromatic rings. The van der Waals surface area contributed by atoms with Crippen LogP contribution in [0, 0.1) is 0 Å². The van der Waals surface area contributed by atoms with E-state index < -0.39 is 5.97 Å². The van der Waals surface area contributed by atoms with Crippen molar-refractivity contribution in [1.29, 1.82) is 0 Å². The maximum absolute atomic E-state index is 13.8. The Kier molecular flexibility index (Phi) is 5.29. The summed E-state index contributed by atoms with van der Waals surface area (Å²) in [6.45, 7) is 2.91. The van der Waals surface area contributed by atoms with E-state index in [-0.39, 0.29) is 11.3 Å². The Balaban J connectivity index is 1.36. The van der Waals surface area contributed by atoms with Crippen molar-refractivity contribution < 1.29 is 19.2 Å². The molecule has 0 bridgehead atoms. The van der Waals surface area contributed by atoms with Gasteiger partial charge in [0.15, 0.2) is 11.5 Å². The van der Waals surface area contributed by atoms with Crippen LogP contribution in [0.4, 0.5) is 22.9 Å². The smallest absolute Gasteiger partial charge is 0.196 e. The van der Waals surface area contributed by atoms with Crippen molar-refractivity contribution in [3.63, 3.8) is 0 Å². The minimum Gasteiger partial charge on any atom is -0.545 e. The van der Waals surface area contributed by atoms with Crippen molar-refractivity contribution in [3.8, 4) is 11.3 Å². The highest BCUT2D eigenvalue weighted by atomic mass is 16.5. The van der Waals surface area contributed by atoms with Gasteiger partial charge in [-0.2, -0.15) is 0 Å². The van der Waals surface area contributed by atoms with Crippen molar-refractivity contribution in [2.45, 2.75) is 0 Å². The van der Waals surface area contributed by atoms with Gasteiger partial charge in [-0.1, -0.05) is 53.7 Å². The molecule has 7 rings (SSSR count). The third-order valence-electron chi connectivity index (χ3n) is 7.39. The first kappa shape index (κ1) is 23.0. The number of aromatic carboxylic acids is 1. The average Bonchev–Trinajstić information content (AvgIpc) is 3.42. The molecule has 3 aromatic carbocycles. The quantitative estimate of drug-likeness (QED) is 0.365. The molecule has 3 heterocycles. The van der Waals surface area contributed by atoms with Crippen molar-refractivity contribution in [3.05, 3.63) is 95.7 Å². The molecule has 0 atom stereocenters. The van der Waals surface area contributed by atoms with Crippen molar-refractivity contribution in [1.82, 2.24) is 10.1 Å². The SMILES string of the molecule is O=C([O-])c1ccccc1Nc1cc(N2CCN(c3ccccn3)CC2)c2noc3c2c1C(=O)c1ccccc1-3. The summed E-state index contributed by atoms with van der Waals surface area (Å²) < 4.78 is 5.88. The van der Waals surface area contributed by atoms with Crippen molar-refractivity contribution in [2.24, 2.45) is 0 Å². The number of rotatable bonds is 5. The molecular weight excluding hydrogens is 494 g/mol. The second-order valence-corrected chi connectivity index (χ2v) is 9.55. The van der Waals surface area contributed by atoms with Gasteiger partial charge in [0.2, 0.25) is 0 Å². The van der Waals surface area contributed by atoms with Crippen LogP contribution in [0.25, 0.3) is 22.2 Å². The zero-order chi connectivity index (χ0) is 26.5. The maximum atomic E-state index is 13.8. The highest BCUT2D eigenvalue weighted by molar-refractivity contribution is 6.29. The Bertz CT molecular complexity index is 1760. The van der Waals surface area contributed by atoms with E-state index in [4.69, 9.17) is 4.52 Å². The number of nitrogens with one attached hydrogen (secondary N) is 1. The third-order valence-corrected chi connectivity index (χ3v) is 7.39. The lowest BCUT2D eigenvalue weighted by Gasteiger charge is -2.37. The summed E-state index contributed by atoms with van der Waals surface area (Å²) in [6, 6.07) is 21.5. The molecule has 9 nitrogen and oxygen atoms in total. The van der Waals surface area contributed by atoms with E-state index >= 15 is 0 Å². The molecule has 1 aliphatic heterocycles. The molecule has 39 heavy (non-hydrogen) atoms. The molecule has 2 aromatic heterocycles. The normalized spacial score (nSPS) is 14.4. The van der Waals surface area contributed by atoms with Gasteiger partial charge < -0.3 is 29.5 Å². The Hall–Kier alpha value is -5.18. The number of anilines is 4. The van der Waals surface area contributed by atoms with Crippen LogP contribution in [0.1, 0.15) is 26.3 Å². The molecule has 0 saturated carbocycles. The number of piperazine rings is 1. The van der Waals surface area contributed by atoms with Gasteiger partial charge in [-0.25, -0.2) is 4.98 Å². The molecule has 2 aliphatic rings. The summed E-state index contributed by atoms with van der Waals surface area (Å²) in [4.78, 5) is 34.6. The minimum absolute atomic E-state index is 0.00419. The molecule has 0 amide bonds. The molecule has 192 valence electrons. The number of benzene rings is 3. The first-order chi connectivity index (χ1) is 19.1. The molecule has 9 heteroatoms. The monoisotopic (exact) mass is 516 g/mol. The van der Waals surface area contributed by atoms with Crippen LogP contribution in [0.3, 0.4) is 0 Å². The van der Waals surface area contributed by atoms with Gasteiger partial charge in [0.1, 0.15) is 11.3 Å². The first-order valence-corrected chi connectivity index (χ1v) is 12.7. The zero-order valence-electron chi connectivity index (χ0n) is 20.8. The van der Waals surface area contributed by atoms with E-state index in [1.54, 1.807) is 30.5 Å². The summed E-state index contributed by atoms with van der Waals surface area (Å²) in [5.41, 5.74) is 3.85. The Labute approximate surface area is 223 Å². The largest absolute Gasteiger partial charge is 0.545 e. The number of nitrogens with zero attached hydrogens (tertiary/aromatic N) is 4. The molecule has 0 radical (unpaired) electrons. The Morgan fingerprint density at radius 3 is 2.36 bits per heavy atom. The predicted octanol–water partition coefficient (Wildman–Crippen LogP) is 3.87. The number of fused-ring (bicyclic) bond motifs is 2. The summed E-state index contributed by atoms with van der Waals surface area (Å²) in [5.74, 6) is -0.0214. The number of hydrogen-bond donors (Lipinski definition) is 1. The summed E-state index contributed by atoms with van der Waals surface area (Å²) in [7, 11) is 0. The molecular formula is C30H22N5O4-. The number of hydrogen-bond acceptors (Lipinski definition) is 9. The molecule has 1 N–H and O–H groups in total. The number of carbonyl (C=O) groups is 2. The van der Waals surface area contributed by atoms with Crippen molar-refractivity contribution in [2.75, 3.05) is 41.3 Å². The average molecular weight is 517 g/mol. The van der Waals surface area contributed by atoms with Crippen LogP contribution in [0.5, 0.6) is 0 Å². The number of aromatic nitrogens is 2. The van der Waals surface area contributed by atoms with Gasteiger partial charge >= 0.3 is 0 Å². The van der Waals surface area contributed by atoms with Gasteiger partial charge in [-0.15, -0.1) is 0 Å². The molecule has 0 unspecified atom stereocenters. The van der Waals surface area contributed by atoms with Gasteiger partial charge in [0.25, 0.3) is 0 Å². The molecule has 1 saturated heterocycles. The van der Waals surface area contributed by atoms with Gasteiger partial charge in [-0.3, -0.25) is 4.79 Å². The van der Waals surface area contributed by atoms with Crippen LogP contribution < -0.4 is 20.2 Å². The molecule has 1 aliphatic carbocycles.